The molecule has 8 heteroatoms. The van der Waals surface area contributed by atoms with Crippen LogP contribution in [-0.4, -0.2) is 48.6 Å². The Morgan fingerprint density at radius 2 is 2.11 bits per heavy atom. The van der Waals surface area contributed by atoms with Crippen LogP contribution >= 0.6 is 0 Å². The normalized spacial score (nSPS) is 18.3. The molecule has 106 valence electrons. The Morgan fingerprint density at radius 1 is 1.42 bits per heavy atom. The van der Waals surface area contributed by atoms with Crippen LogP contribution in [0.4, 0.5) is 0 Å². The maximum atomic E-state index is 12.1. The molecule has 1 fully saturated rings. The van der Waals surface area contributed by atoms with Gasteiger partial charge in [-0.2, -0.15) is 9.82 Å². The van der Waals surface area contributed by atoms with Crippen LogP contribution in [0.1, 0.15) is 26.2 Å². The minimum absolute atomic E-state index is 0.0331. The van der Waals surface area contributed by atoms with E-state index in [2.05, 4.69) is 14.9 Å². The summed E-state index contributed by atoms with van der Waals surface area (Å²) < 4.78 is 26.3. The molecule has 1 aliphatic rings. The van der Waals surface area contributed by atoms with Crippen molar-refractivity contribution in [1.82, 2.24) is 19.8 Å². The van der Waals surface area contributed by atoms with Gasteiger partial charge in [0.2, 0.25) is 15.9 Å². The molecule has 1 aromatic rings. The van der Waals surface area contributed by atoms with Gasteiger partial charge in [-0.1, -0.05) is 0 Å². The molecule has 0 saturated carbocycles. The number of nitrogens with one attached hydrogen (secondary N) is 2. The van der Waals surface area contributed by atoms with Gasteiger partial charge in [-0.05, 0) is 26.2 Å². The van der Waals surface area contributed by atoms with E-state index in [1.165, 1.54) is 12.4 Å². The Balaban J connectivity index is 2.00. The van der Waals surface area contributed by atoms with Crippen molar-refractivity contribution in [2.24, 2.45) is 0 Å². The average Bonchev–Trinajstić information content (AvgIpc) is 2.93. The molecule has 1 saturated heterocycles. The number of rotatable bonds is 4. The summed E-state index contributed by atoms with van der Waals surface area (Å²) in [7, 11) is -3.69. The van der Waals surface area contributed by atoms with E-state index in [1.54, 1.807) is 11.8 Å². The van der Waals surface area contributed by atoms with E-state index in [0.717, 1.165) is 19.3 Å². The van der Waals surface area contributed by atoms with Gasteiger partial charge in [0.15, 0.2) is 0 Å². The number of nitrogens with zero attached hydrogens (tertiary/aromatic N) is 2. The molecule has 0 aliphatic carbocycles. The van der Waals surface area contributed by atoms with Crippen LogP contribution < -0.4 is 4.72 Å². The molecule has 2 N–H and O–H groups in total. The molecule has 2 rings (SSSR count). The highest BCUT2D eigenvalue weighted by atomic mass is 32.2. The quantitative estimate of drug-likeness (QED) is 0.820. The highest BCUT2D eigenvalue weighted by molar-refractivity contribution is 7.89. The van der Waals surface area contributed by atoms with Gasteiger partial charge in [0, 0.05) is 19.3 Å². The molecule has 1 aliphatic heterocycles. The lowest BCUT2D eigenvalue weighted by Crippen LogP contribution is -2.48. The number of piperidine rings is 1. The van der Waals surface area contributed by atoms with Gasteiger partial charge in [-0.25, -0.2) is 8.42 Å². The van der Waals surface area contributed by atoms with Crippen molar-refractivity contribution in [3.8, 4) is 0 Å². The summed E-state index contributed by atoms with van der Waals surface area (Å²) in [5, 5.41) is 6.03. The number of hydrogen-bond acceptors (Lipinski definition) is 4. The molecule has 0 radical (unpaired) electrons. The fourth-order valence-electron chi connectivity index (χ4n) is 2.13. The van der Waals surface area contributed by atoms with E-state index < -0.39 is 16.1 Å². The van der Waals surface area contributed by atoms with Crippen molar-refractivity contribution in [3.05, 3.63) is 12.4 Å². The molecule has 1 unspecified atom stereocenters. The number of aromatic nitrogens is 2. The van der Waals surface area contributed by atoms with Crippen LogP contribution in [0.15, 0.2) is 17.3 Å². The van der Waals surface area contributed by atoms with Crippen molar-refractivity contribution in [1.29, 1.82) is 0 Å². The van der Waals surface area contributed by atoms with Gasteiger partial charge in [0.1, 0.15) is 4.90 Å². The molecular formula is C11H18N4O3S. The molecule has 1 atom stereocenters. The lowest BCUT2D eigenvalue weighted by atomic mass is 10.1. The smallest absolute Gasteiger partial charge is 0.244 e. The molecule has 1 aromatic heterocycles. The van der Waals surface area contributed by atoms with Crippen molar-refractivity contribution in [2.75, 3.05) is 13.1 Å². The highest BCUT2D eigenvalue weighted by Gasteiger charge is 2.26. The lowest BCUT2D eigenvalue weighted by molar-refractivity contribution is -0.133. The van der Waals surface area contributed by atoms with E-state index in [-0.39, 0.29) is 10.8 Å². The van der Waals surface area contributed by atoms with Gasteiger partial charge in [-0.3, -0.25) is 9.89 Å². The summed E-state index contributed by atoms with van der Waals surface area (Å²) in [4.78, 5) is 13.9. The average molecular weight is 286 g/mol. The van der Waals surface area contributed by atoms with Gasteiger partial charge in [-0.15, -0.1) is 0 Å². The van der Waals surface area contributed by atoms with E-state index in [4.69, 9.17) is 0 Å². The molecule has 2 heterocycles. The second kappa shape index (κ2) is 5.70. The minimum Gasteiger partial charge on any atom is -0.341 e. The van der Waals surface area contributed by atoms with Crippen LogP contribution in [-0.2, 0) is 14.8 Å². The number of carbonyl (C=O) groups is 1. The number of hydrogen-bond donors (Lipinski definition) is 2. The standard InChI is InChI=1S/C11H18N4O3S/c1-9(11(16)15-5-3-2-4-6-15)14-19(17,18)10-7-12-13-8-10/h7-9,14H,2-6H2,1H3,(H,12,13). The maximum Gasteiger partial charge on any atom is 0.244 e. The number of aromatic amines is 1. The molecule has 0 aromatic carbocycles. The van der Waals surface area contributed by atoms with E-state index >= 15 is 0 Å². The fraction of sp³-hybridized carbons (Fsp3) is 0.636. The van der Waals surface area contributed by atoms with Crippen LogP contribution in [0.2, 0.25) is 0 Å². The highest BCUT2D eigenvalue weighted by Crippen LogP contribution is 2.11. The summed E-state index contributed by atoms with van der Waals surface area (Å²) in [6, 6.07) is -0.766. The van der Waals surface area contributed by atoms with E-state index in [0.29, 0.717) is 13.1 Å². The van der Waals surface area contributed by atoms with Crippen molar-refractivity contribution in [2.45, 2.75) is 37.1 Å². The van der Waals surface area contributed by atoms with Gasteiger partial charge < -0.3 is 4.90 Å². The molecular weight excluding hydrogens is 268 g/mol. The SMILES string of the molecule is CC(NS(=O)(=O)c1cn[nH]c1)C(=O)N1CCCCC1. The lowest BCUT2D eigenvalue weighted by Gasteiger charge is -2.29. The first-order valence-electron chi connectivity index (χ1n) is 6.30. The second-order valence-corrected chi connectivity index (χ2v) is 6.38. The predicted molar refractivity (Wildman–Crippen MR) is 68.8 cm³/mol. The predicted octanol–water partition coefficient (Wildman–Crippen LogP) is 0.0890. The molecule has 7 nitrogen and oxygen atoms in total. The minimum atomic E-state index is -3.69. The first kappa shape index (κ1) is 14.0. The van der Waals surface area contributed by atoms with E-state index in [9.17, 15) is 13.2 Å². The number of carbonyl (C=O) groups excluding carboxylic acids is 1. The summed E-state index contributed by atoms with van der Waals surface area (Å²) >= 11 is 0. The molecule has 1 amide bonds. The van der Waals surface area contributed by atoms with Crippen molar-refractivity contribution in [3.63, 3.8) is 0 Å². The topological polar surface area (TPSA) is 95.2 Å². The third-order valence-electron chi connectivity index (χ3n) is 3.15. The Morgan fingerprint density at radius 3 is 2.68 bits per heavy atom. The summed E-state index contributed by atoms with van der Waals surface area (Å²) in [6.07, 6.45) is 5.57. The fourth-order valence-corrected chi connectivity index (χ4v) is 3.23. The molecule has 0 bridgehead atoms. The Hall–Kier alpha value is -1.41. The third kappa shape index (κ3) is 3.32. The first-order chi connectivity index (χ1) is 9.00. The van der Waals surface area contributed by atoms with Crippen LogP contribution in [0.3, 0.4) is 0 Å². The summed E-state index contributed by atoms with van der Waals surface area (Å²) in [5.41, 5.74) is 0. The Bertz CT molecular complexity index is 520. The van der Waals surface area contributed by atoms with Gasteiger partial charge in [0.25, 0.3) is 0 Å². The van der Waals surface area contributed by atoms with E-state index in [1.807, 2.05) is 0 Å². The summed E-state index contributed by atoms with van der Waals surface area (Å²) in [5.74, 6) is -0.174. The molecule has 19 heavy (non-hydrogen) atoms. The first-order valence-corrected chi connectivity index (χ1v) is 7.79. The zero-order chi connectivity index (χ0) is 13.9. The van der Waals surface area contributed by atoms with Crippen LogP contribution in [0, 0.1) is 0 Å². The van der Waals surface area contributed by atoms with Crippen molar-refractivity contribution < 1.29 is 13.2 Å². The largest absolute Gasteiger partial charge is 0.341 e. The van der Waals surface area contributed by atoms with Crippen molar-refractivity contribution >= 4 is 15.9 Å². The number of sulfonamides is 1. The van der Waals surface area contributed by atoms with Gasteiger partial charge >= 0.3 is 0 Å². The number of likely N-dealkylation sites (tertiary alicyclic amines) is 1. The second-order valence-electron chi connectivity index (χ2n) is 4.66. The summed E-state index contributed by atoms with van der Waals surface area (Å²) in [6.45, 7) is 2.97. The molecule has 0 spiro atoms. The third-order valence-corrected chi connectivity index (χ3v) is 4.66. The van der Waals surface area contributed by atoms with Gasteiger partial charge in [0.05, 0.1) is 12.2 Å². The monoisotopic (exact) mass is 286 g/mol. The van der Waals surface area contributed by atoms with Crippen LogP contribution in [0.5, 0.6) is 0 Å². The Labute approximate surface area is 112 Å². The zero-order valence-corrected chi connectivity index (χ0v) is 11.6. The number of H-pyrrole nitrogens is 1. The zero-order valence-electron chi connectivity index (χ0n) is 10.8. The maximum absolute atomic E-state index is 12.1. The van der Waals surface area contributed by atoms with Crippen LogP contribution in [0.25, 0.3) is 0 Å². The number of amides is 1. The Kier molecular flexibility index (Phi) is 4.20.